The number of aromatic nitrogens is 5. The maximum Gasteiger partial charge on any atom is 0.180 e. The predicted octanol–water partition coefficient (Wildman–Crippen LogP) is 2.88. The van der Waals surface area contributed by atoms with Gasteiger partial charge >= 0.3 is 0 Å². The first-order valence-electron chi connectivity index (χ1n) is 9.51. The Morgan fingerprint density at radius 3 is 2.86 bits per heavy atom. The molecule has 0 unspecified atom stereocenters. The van der Waals surface area contributed by atoms with E-state index in [-0.39, 0.29) is 0 Å². The second-order valence-electron chi connectivity index (χ2n) is 7.11. The third-order valence-corrected chi connectivity index (χ3v) is 6.03. The molecule has 144 valence electrons. The van der Waals surface area contributed by atoms with Crippen molar-refractivity contribution in [2.75, 3.05) is 18.4 Å². The smallest absolute Gasteiger partial charge is 0.180 e. The van der Waals surface area contributed by atoms with Crippen LogP contribution >= 0.6 is 11.9 Å². The molecule has 28 heavy (non-hydrogen) atoms. The van der Waals surface area contributed by atoms with Gasteiger partial charge in [-0.15, -0.1) is 0 Å². The molecule has 8 nitrogen and oxygen atoms in total. The fraction of sp³-hybridized carbons (Fsp3) is 0.368. The molecule has 3 aromatic rings. The molecule has 0 aliphatic carbocycles. The average Bonchev–Trinajstić information content (AvgIpc) is 3.36. The summed E-state index contributed by atoms with van der Waals surface area (Å²) >= 11 is 1.50. The Bertz CT molecular complexity index is 1060. The van der Waals surface area contributed by atoms with Crippen LogP contribution in [0.1, 0.15) is 19.3 Å². The lowest BCUT2D eigenvalue weighted by Crippen LogP contribution is -2.32. The summed E-state index contributed by atoms with van der Waals surface area (Å²) in [6.45, 7) is 2.18. The SMILES string of the molecule is Cn1cc(-c2cnc3c(NC4=CCC(C5CCNCC5)=NS4)nccn23)cn1. The summed E-state index contributed by atoms with van der Waals surface area (Å²) < 4.78 is 8.60. The number of imidazole rings is 1. The zero-order chi connectivity index (χ0) is 18.9. The minimum atomic E-state index is 0.613. The van der Waals surface area contributed by atoms with Crippen molar-refractivity contribution in [1.82, 2.24) is 29.5 Å². The Morgan fingerprint density at radius 2 is 2.11 bits per heavy atom. The first kappa shape index (κ1) is 17.4. The number of nitrogens with zero attached hydrogens (tertiary/aromatic N) is 6. The van der Waals surface area contributed by atoms with Crippen molar-refractivity contribution in [3.63, 3.8) is 0 Å². The molecule has 0 atom stereocenters. The van der Waals surface area contributed by atoms with Gasteiger partial charge in [-0.05, 0) is 32.0 Å². The zero-order valence-electron chi connectivity index (χ0n) is 15.7. The van der Waals surface area contributed by atoms with E-state index in [1.807, 2.05) is 36.2 Å². The van der Waals surface area contributed by atoms with Crippen molar-refractivity contribution in [2.45, 2.75) is 19.3 Å². The fourth-order valence-electron chi connectivity index (χ4n) is 3.74. The van der Waals surface area contributed by atoms with E-state index in [0.717, 1.165) is 47.3 Å². The topological polar surface area (TPSA) is 84.4 Å². The van der Waals surface area contributed by atoms with E-state index in [4.69, 9.17) is 4.40 Å². The van der Waals surface area contributed by atoms with Crippen LogP contribution in [0.15, 0.2) is 46.5 Å². The summed E-state index contributed by atoms with van der Waals surface area (Å²) in [6.07, 6.45) is 14.9. The number of rotatable bonds is 4. The second-order valence-corrected chi connectivity index (χ2v) is 7.92. The Balaban J connectivity index is 1.35. The van der Waals surface area contributed by atoms with Crippen molar-refractivity contribution in [3.05, 3.63) is 42.1 Å². The van der Waals surface area contributed by atoms with Crippen LogP contribution in [0.25, 0.3) is 16.9 Å². The van der Waals surface area contributed by atoms with Crippen molar-refractivity contribution < 1.29 is 0 Å². The molecule has 1 saturated heterocycles. The molecular weight excluding hydrogens is 372 g/mol. The normalized spacial score (nSPS) is 18.2. The van der Waals surface area contributed by atoms with Crippen LogP contribution in [0.5, 0.6) is 0 Å². The van der Waals surface area contributed by atoms with Crippen molar-refractivity contribution >= 4 is 29.1 Å². The van der Waals surface area contributed by atoms with E-state index in [9.17, 15) is 0 Å². The number of nitrogens with one attached hydrogen (secondary N) is 2. The maximum absolute atomic E-state index is 4.78. The second kappa shape index (κ2) is 7.40. The van der Waals surface area contributed by atoms with Crippen LogP contribution in [0, 0.1) is 5.92 Å². The van der Waals surface area contributed by atoms with E-state index in [1.54, 1.807) is 10.9 Å². The van der Waals surface area contributed by atoms with E-state index >= 15 is 0 Å². The number of hydrogen-bond acceptors (Lipinski definition) is 7. The van der Waals surface area contributed by atoms with Crippen molar-refractivity contribution in [3.8, 4) is 11.3 Å². The zero-order valence-corrected chi connectivity index (χ0v) is 16.5. The summed E-state index contributed by atoms with van der Waals surface area (Å²) in [5.41, 5.74) is 4.11. The van der Waals surface area contributed by atoms with E-state index in [2.05, 4.69) is 31.8 Å². The number of hydrogen-bond donors (Lipinski definition) is 2. The highest BCUT2D eigenvalue weighted by molar-refractivity contribution is 8.02. The van der Waals surface area contributed by atoms with Crippen LogP contribution in [0.3, 0.4) is 0 Å². The van der Waals surface area contributed by atoms with Gasteiger partial charge in [-0.25, -0.2) is 14.4 Å². The molecule has 5 rings (SSSR count). The molecular formula is C19H22N8S. The molecule has 9 heteroatoms. The molecule has 3 aromatic heterocycles. The molecule has 2 N–H and O–H groups in total. The largest absolute Gasteiger partial charge is 0.331 e. The van der Waals surface area contributed by atoms with Crippen LogP contribution in [-0.4, -0.2) is 43.0 Å². The van der Waals surface area contributed by atoms with Crippen molar-refractivity contribution in [2.24, 2.45) is 17.4 Å². The third kappa shape index (κ3) is 3.31. The number of aryl methyl sites for hydroxylation is 1. The first-order valence-corrected chi connectivity index (χ1v) is 10.3. The van der Waals surface area contributed by atoms with Gasteiger partial charge in [0.05, 0.1) is 23.1 Å². The Labute approximate surface area is 167 Å². The fourth-order valence-corrected chi connectivity index (χ4v) is 4.48. The molecule has 0 amide bonds. The van der Waals surface area contributed by atoms with Crippen LogP contribution in [-0.2, 0) is 7.05 Å². The Hall–Kier alpha value is -2.65. The molecule has 0 bridgehead atoms. The van der Waals surface area contributed by atoms with Gasteiger partial charge in [0.2, 0.25) is 0 Å². The summed E-state index contributed by atoms with van der Waals surface area (Å²) in [6, 6.07) is 0. The monoisotopic (exact) mass is 394 g/mol. The van der Waals surface area contributed by atoms with Gasteiger partial charge in [0.15, 0.2) is 11.5 Å². The summed E-state index contributed by atoms with van der Waals surface area (Å²) in [5, 5.41) is 12.1. The number of allylic oxidation sites excluding steroid dienone is 1. The number of fused-ring (bicyclic) bond motifs is 1. The standard InChI is InChI=1S/C19H22N8S/c1-26-12-14(10-23-26)16-11-22-19-18(21-8-9-27(16)19)24-17-3-2-15(25-28-17)13-4-6-20-7-5-13/h3,8-13,20H,2,4-7H2,1H3,(H,21,24). The Morgan fingerprint density at radius 1 is 1.21 bits per heavy atom. The number of piperidine rings is 1. The summed E-state index contributed by atoms with van der Waals surface area (Å²) in [7, 11) is 1.91. The van der Waals surface area contributed by atoms with Crippen LogP contribution in [0.2, 0.25) is 0 Å². The van der Waals surface area contributed by atoms with Crippen LogP contribution in [0.4, 0.5) is 5.82 Å². The molecule has 5 heterocycles. The lowest BCUT2D eigenvalue weighted by atomic mass is 9.91. The Kier molecular flexibility index (Phi) is 4.61. The molecule has 0 radical (unpaired) electrons. The molecule has 2 aliphatic rings. The summed E-state index contributed by atoms with van der Waals surface area (Å²) in [5.74, 6) is 1.35. The van der Waals surface area contributed by atoms with Gasteiger partial charge in [0, 0.05) is 61.2 Å². The summed E-state index contributed by atoms with van der Waals surface area (Å²) in [4.78, 5) is 9.08. The number of anilines is 1. The predicted molar refractivity (Wildman–Crippen MR) is 112 cm³/mol. The van der Waals surface area contributed by atoms with Gasteiger partial charge < -0.3 is 10.6 Å². The van der Waals surface area contributed by atoms with E-state index in [0.29, 0.717) is 5.92 Å². The van der Waals surface area contributed by atoms with Gasteiger partial charge in [0.25, 0.3) is 0 Å². The molecule has 0 saturated carbocycles. The molecule has 1 fully saturated rings. The van der Waals surface area contributed by atoms with E-state index < -0.39 is 0 Å². The molecule has 2 aliphatic heterocycles. The minimum Gasteiger partial charge on any atom is -0.331 e. The van der Waals surface area contributed by atoms with Gasteiger partial charge in [-0.1, -0.05) is 0 Å². The lowest BCUT2D eigenvalue weighted by molar-refractivity contribution is 0.454. The third-order valence-electron chi connectivity index (χ3n) is 5.24. The van der Waals surface area contributed by atoms with Gasteiger partial charge in [-0.2, -0.15) is 5.10 Å². The van der Waals surface area contributed by atoms with Crippen molar-refractivity contribution in [1.29, 1.82) is 0 Å². The average molecular weight is 395 g/mol. The maximum atomic E-state index is 4.78. The quantitative estimate of drug-likeness (QED) is 0.662. The molecule has 0 aromatic carbocycles. The van der Waals surface area contributed by atoms with Crippen LogP contribution < -0.4 is 10.6 Å². The highest BCUT2D eigenvalue weighted by Gasteiger charge is 2.21. The van der Waals surface area contributed by atoms with Gasteiger partial charge in [-0.3, -0.25) is 9.08 Å². The highest BCUT2D eigenvalue weighted by Crippen LogP contribution is 2.30. The molecule has 0 spiro atoms. The lowest BCUT2D eigenvalue weighted by Gasteiger charge is -2.25. The van der Waals surface area contributed by atoms with E-state index in [1.165, 1.54) is 30.5 Å². The van der Waals surface area contributed by atoms with Gasteiger partial charge in [0.1, 0.15) is 0 Å². The highest BCUT2D eigenvalue weighted by atomic mass is 32.2. The first-order chi connectivity index (χ1) is 13.8. The minimum absolute atomic E-state index is 0.613.